The zero-order chi connectivity index (χ0) is 18.6. The minimum absolute atomic E-state index is 0.299. The number of hydrogen-bond acceptors (Lipinski definition) is 4. The van der Waals surface area contributed by atoms with E-state index in [-0.39, 0.29) is 0 Å². The Labute approximate surface area is 157 Å². The van der Waals surface area contributed by atoms with E-state index >= 15 is 0 Å². The van der Waals surface area contributed by atoms with Gasteiger partial charge in [-0.25, -0.2) is 4.79 Å². The highest BCUT2D eigenvalue weighted by atomic mass is 16.4. The molecule has 6 nitrogen and oxygen atoms in total. The zero-order valence-corrected chi connectivity index (χ0v) is 15.1. The van der Waals surface area contributed by atoms with E-state index < -0.39 is 5.97 Å². The van der Waals surface area contributed by atoms with Crippen LogP contribution in [0.3, 0.4) is 0 Å². The number of hydrogen-bond donors (Lipinski definition) is 2. The summed E-state index contributed by atoms with van der Waals surface area (Å²) in [6.45, 7) is 1.60. The Hall–Kier alpha value is -3.15. The molecule has 0 saturated carbocycles. The lowest BCUT2D eigenvalue weighted by Gasteiger charge is -2.10. The molecule has 27 heavy (non-hydrogen) atoms. The normalized spacial score (nSPS) is 13.6. The van der Waals surface area contributed by atoms with Crippen LogP contribution in [-0.4, -0.2) is 25.8 Å². The summed E-state index contributed by atoms with van der Waals surface area (Å²) in [7, 11) is 0. The minimum Gasteiger partial charge on any atom is -0.478 e. The first-order valence-electron chi connectivity index (χ1n) is 9.29. The van der Waals surface area contributed by atoms with Crippen molar-refractivity contribution in [3.05, 3.63) is 65.5 Å². The number of anilines is 1. The van der Waals surface area contributed by atoms with Crippen molar-refractivity contribution in [2.24, 2.45) is 0 Å². The lowest BCUT2D eigenvalue weighted by Crippen LogP contribution is -2.04. The highest BCUT2D eigenvalue weighted by molar-refractivity contribution is 5.87. The summed E-state index contributed by atoms with van der Waals surface area (Å²) in [6, 6.07) is 15.1. The molecule has 4 rings (SSSR count). The van der Waals surface area contributed by atoms with Gasteiger partial charge in [0, 0.05) is 30.8 Å². The van der Waals surface area contributed by atoms with Crippen molar-refractivity contribution in [3.63, 3.8) is 0 Å². The average Bonchev–Trinajstić information content (AvgIpc) is 2.95. The van der Waals surface area contributed by atoms with Gasteiger partial charge in [0.25, 0.3) is 0 Å². The predicted octanol–water partition coefficient (Wildman–Crippen LogP) is 3.98. The number of aryl methyl sites for hydroxylation is 1. The molecule has 138 valence electrons. The Morgan fingerprint density at radius 2 is 1.93 bits per heavy atom. The summed E-state index contributed by atoms with van der Waals surface area (Å²) in [5.74, 6) is 1.11. The predicted molar refractivity (Wildman–Crippen MR) is 104 cm³/mol. The van der Waals surface area contributed by atoms with Crippen molar-refractivity contribution in [1.29, 1.82) is 0 Å². The quantitative estimate of drug-likeness (QED) is 0.717. The Balaban J connectivity index is 1.50. The van der Waals surface area contributed by atoms with Crippen LogP contribution in [0.15, 0.2) is 48.5 Å². The molecule has 0 atom stereocenters. The van der Waals surface area contributed by atoms with E-state index in [1.54, 1.807) is 12.1 Å². The maximum atomic E-state index is 10.9. The van der Waals surface area contributed by atoms with Gasteiger partial charge in [0.2, 0.25) is 0 Å². The number of nitrogens with one attached hydrogen (secondary N) is 1. The van der Waals surface area contributed by atoms with Crippen LogP contribution in [-0.2, 0) is 19.5 Å². The molecule has 1 aromatic heterocycles. The van der Waals surface area contributed by atoms with Gasteiger partial charge in [0.15, 0.2) is 5.82 Å². The van der Waals surface area contributed by atoms with Gasteiger partial charge in [-0.2, -0.15) is 0 Å². The van der Waals surface area contributed by atoms with Gasteiger partial charge in [-0.3, -0.25) is 0 Å². The Morgan fingerprint density at radius 1 is 1.07 bits per heavy atom. The van der Waals surface area contributed by atoms with Crippen LogP contribution in [0, 0.1) is 0 Å². The standard InChI is InChI=1S/C21H22N4O2/c26-21(27)16-10-8-15(9-11-16)14-22-18-6-4-5-17(13-18)20-24-23-19-7-2-1-3-12-25(19)20/h4-6,8-11,13,22H,1-3,7,12,14H2,(H,26,27). The monoisotopic (exact) mass is 362 g/mol. The van der Waals surface area contributed by atoms with Crippen molar-refractivity contribution >= 4 is 11.7 Å². The fourth-order valence-electron chi connectivity index (χ4n) is 3.44. The van der Waals surface area contributed by atoms with Crippen LogP contribution in [0.4, 0.5) is 5.69 Å². The number of fused-ring (bicyclic) bond motifs is 1. The van der Waals surface area contributed by atoms with E-state index in [1.165, 1.54) is 19.3 Å². The van der Waals surface area contributed by atoms with E-state index in [2.05, 4.69) is 32.2 Å². The Bertz CT molecular complexity index is 947. The topological polar surface area (TPSA) is 80.0 Å². The molecule has 2 heterocycles. The fraction of sp³-hybridized carbons (Fsp3) is 0.286. The van der Waals surface area contributed by atoms with E-state index in [0.717, 1.165) is 41.4 Å². The summed E-state index contributed by atoms with van der Waals surface area (Å²) in [6.07, 6.45) is 4.59. The average molecular weight is 362 g/mol. The summed E-state index contributed by atoms with van der Waals surface area (Å²) >= 11 is 0. The number of aromatic carboxylic acids is 1. The molecule has 0 saturated heterocycles. The third kappa shape index (κ3) is 3.84. The van der Waals surface area contributed by atoms with E-state index in [9.17, 15) is 4.79 Å². The molecule has 0 aliphatic carbocycles. The first-order valence-corrected chi connectivity index (χ1v) is 9.29. The third-order valence-corrected chi connectivity index (χ3v) is 4.93. The second kappa shape index (κ2) is 7.61. The summed E-state index contributed by atoms with van der Waals surface area (Å²) in [5, 5.41) is 21.2. The lowest BCUT2D eigenvalue weighted by atomic mass is 10.1. The largest absolute Gasteiger partial charge is 0.478 e. The van der Waals surface area contributed by atoms with Gasteiger partial charge >= 0.3 is 5.97 Å². The maximum absolute atomic E-state index is 10.9. The Kier molecular flexibility index (Phi) is 4.87. The second-order valence-corrected chi connectivity index (χ2v) is 6.84. The van der Waals surface area contributed by atoms with Crippen LogP contribution in [0.25, 0.3) is 11.4 Å². The van der Waals surface area contributed by atoms with E-state index in [0.29, 0.717) is 12.1 Å². The number of aromatic nitrogens is 3. The van der Waals surface area contributed by atoms with Gasteiger partial charge in [0.05, 0.1) is 5.56 Å². The number of rotatable bonds is 5. The molecule has 0 bridgehead atoms. The molecule has 0 amide bonds. The van der Waals surface area contributed by atoms with Crippen LogP contribution in [0.5, 0.6) is 0 Å². The molecule has 0 spiro atoms. The number of carbonyl (C=O) groups is 1. The van der Waals surface area contributed by atoms with Crippen LogP contribution < -0.4 is 5.32 Å². The fourth-order valence-corrected chi connectivity index (χ4v) is 3.44. The molecule has 0 unspecified atom stereocenters. The maximum Gasteiger partial charge on any atom is 0.335 e. The number of nitrogens with zero attached hydrogens (tertiary/aromatic N) is 3. The number of carboxylic acid groups (broad SMARTS) is 1. The van der Waals surface area contributed by atoms with Gasteiger partial charge in [-0.1, -0.05) is 30.7 Å². The minimum atomic E-state index is -0.908. The van der Waals surface area contributed by atoms with Crippen molar-refractivity contribution < 1.29 is 9.90 Å². The first kappa shape index (κ1) is 17.3. The van der Waals surface area contributed by atoms with Gasteiger partial charge < -0.3 is 15.0 Å². The highest BCUT2D eigenvalue weighted by Crippen LogP contribution is 2.25. The van der Waals surface area contributed by atoms with Crippen molar-refractivity contribution in [2.45, 2.75) is 38.8 Å². The van der Waals surface area contributed by atoms with Gasteiger partial charge in [0.1, 0.15) is 5.82 Å². The van der Waals surface area contributed by atoms with E-state index in [1.807, 2.05) is 24.3 Å². The molecule has 2 aromatic carbocycles. The molecule has 0 radical (unpaired) electrons. The third-order valence-electron chi connectivity index (χ3n) is 4.93. The van der Waals surface area contributed by atoms with Crippen LogP contribution in [0.2, 0.25) is 0 Å². The first-order chi connectivity index (χ1) is 13.2. The SMILES string of the molecule is O=C(O)c1ccc(CNc2cccc(-c3nnc4n3CCCCC4)c2)cc1. The highest BCUT2D eigenvalue weighted by Gasteiger charge is 2.16. The van der Waals surface area contributed by atoms with Gasteiger partial charge in [-0.15, -0.1) is 10.2 Å². The molecule has 6 heteroatoms. The molecular weight excluding hydrogens is 340 g/mol. The summed E-state index contributed by atoms with van der Waals surface area (Å²) in [5.41, 5.74) is 3.39. The number of carboxylic acids is 1. The molecule has 2 N–H and O–H groups in total. The van der Waals surface area contributed by atoms with Crippen molar-refractivity contribution in [1.82, 2.24) is 14.8 Å². The summed E-state index contributed by atoms with van der Waals surface area (Å²) < 4.78 is 2.25. The summed E-state index contributed by atoms with van der Waals surface area (Å²) in [4.78, 5) is 10.9. The van der Waals surface area contributed by atoms with Crippen molar-refractivity contribution in [2.75, 3.05) is 5.32 Å². The molecule has 1 aliphatic rings. The second-order valence-electron chi connectivity index (χ2n) is 6.84. The van der Waals surface area contributed by atoms with Crippen LogP contribution in [0.1, 0.15) is 41.0 Å². The molecular formula is C21H22N4O2. The smallest absolute Gasteiger partial charge is 0.335 e. The zero-order valence-electron chi connectivity index (χ0n) is 15.1. The molecule has 0 fully saturated rings. The van der Waals surface area contributed by atoms with Crippen LogP contribution >= 0.6 is 0 Å². The number of benzene rings is 2. The van der Waals surface area contributed by atoms with E-state index in [4.69, 9.17) is 5.11 Å². The van der Waals surface area contributed by atoms with Gasteiger partial charge in [-0.05, 0) is 42.7 Å². The molecule has 1 aliphatic heterocycles. The van der Waals surface area contributed by atoms with Crippen molar-refractivity contribution in [3.8, 4) is 11.4 Å². The lowest BCUT2D eigenvalue weighted by molar-refractivity contribution is 0.0697. The Morgan fingerprint density at radius 3 is 2.74 bits per heavy atom. The molecule has 3 aromatic rings.